The van der Waals surface area contributed by atoms with Crippen LogP contribution in [0.25, 0.3) is 0 Å². The number of hydrogen-bond donors (Lipinski definition) is 0. The van der Waals surface area contributed by atoms with Crippen LogP contribution >= 0.6 is 0 Å². The van der Waals surface area contributed by atoms with Crippen molar-refractivity contribution in [2.45, 2.75) is 40.0 Å². The molecular formula is C12H20O5. The van der Waals surface area contributed by atoms with Gasteiger partial charge >= 0.3 is 11.9 Å². The number of hydrogen-bond acceptors (Lipinski definition) is 5. The molecule has 17 heavy (non-hydrogen) atoms. The number of ketones is 1. The summed E-state index contributed by atoms with van der Waals surface area (Å²) in [7, 11) is 0. The van der Waals surface area contributed by atoms with Crippen molar-refractivity contribution >= 4 is 17.7 Å². The van der Waals surface area contributed by atoms with E-state index in [2.05, 4.69) is 0 Å². The molecule has 0 radical (unpaired) electrons. The van der Waals surface area contributed by atoms with E-state index >= 15 is 0 Å². The lowest BCUT2D eigenvalue weighted by atomic mass is 10.0. The Hall–Kier alpha value is -1.39. The fourth-order valence-corrected chi connectivity index (χ4v) is 1.14. The SMILES string of the molecule is CCCOC(=O)CC(C(C)=O)C(=O)OCCC. The maximum absolute atomic E-state index is 11.5. The summed E-state index contributed by atoms with van der Waals surface area (Å²) >= 11 is 0. The third-order valence-corrected chi connectivity index (χ3v) is 2.06. The summed E-state index contributed by atoms with van der Waals surface area (Å²) in [6.07, 6.45) is 1.14. The van der Waals surface area contributed by atoms with Gasteiger partial charge in [0.25, 0.3) is 0 Å². The first kappa shape index (κ1) is 15.6. The van der Waals surface area contributed by atoms with Crippen LogP contribution in [0, 0.1) is 5.92 Å². The minimum atomic E-state index is -1.04. The summed E-state index contributed by atoms with van der Waals surface area (Å²) in [5.41, 5.74) is 0. The fraction of sp³-hybridized carbons (Fsp3) is 0.750. The van der Waals surface area contributed by atoms with E-state index in [0.717, 1.165) is 0 Å². The van der Waals surface area contributed by atoms with E-state index in [1.807, 2.05) is 13.8 Å². The molecule has 0 aliphatic carbocycles. The summed E-state index contributed by atoms with van der Waals surface area (Å²) < 4.78 is 9.68. The Morgan fingerprint density at radius 2 is 1.53 bits per heavy atom. The molecule has 0 amide bonds. The molecule has 0 aromatic carbocycles. The van der Waals surface area contributed by atoms with E-state index in [1.54, 1.807) is 0 Å². The lowest BCUT2D eigenvalue weighted by Gasteiger charge is -2.12. The largest absolute Gasteiger partial charge is 0.466 e. The molecule has 1 atom stereocenters. The predicted molar refractivity (Wildman–Crippen MR) is 61.3 cm³/mol. The summed E-state index contributed by atoms with van der Waals surface area (Å²) in [6, 6.07) is 0. The van der Waals surface area contributed by atoms with Crippen LogP contribution in [0.3, 0.4) is 0 Å². The first-order valence-corrected chi connectivity index (χ1v) is 5.85. The predicted octanol–water partition coefficient (Wildman–Crippen LogP) is 1.49. The standard InChI is InChI=1S/C12H20O5/c1-4-6-16-11(14)8-10(9(3)13)12(15)17-7-5-2/h10H,4-8H2,1-3H3. The molecule has 5 nitrogen and oxygen atoms in total. The molecule has 0 bridgehead atoms. The van der Waals surface area contributed by atoms with E-state index in [1.165, 1.54) is 6.92 Å². The van der Waals surface area contributed by atoms with Crippen molar-refractivity contribution in [3.63, 3.8) is 0 Å². The summed E-state index contributed by atoms with van der Waals surface area (Å²) in [4.78, 5) is 34.1. The van der Waals surface area contributed by atoms with Crippen LogP contribution in [-0.2, 0) is 23.9 Å². The van der Waals surface area contributed by atoms with Gasteiger partial charge in [-0.2, -0.15) is 0 Å². The maximum atomic E-state index is 11.5. The molecule has 0 saturated heterocycles. The topological polar surface area (TPSA) is 69.7 Å². The Morgan fingerprint density at radius 3 is 2.00 bits per heavy atom. The number of rotatable bonds is 8. The highest BCUT2D eigenvalue weighted by atomic mass is 16.5. The van der Waals surface area contributed by atoms with Crippen LogP contribution in [-0.4, -0.2) is 30.9 Å². The smallest absolute Gasteiger partial charge is 0.317 e. The lowest BCUT2D eigenvalue weighted by Crippen LogP contribution is -2.28. The minimum Gasteiger partial charge on any atom is -0.466 e. The van der Waals surface area contributed by atoms with Crippen molar-refractivity contribution in [2.24, 2.45) is 5.92 Å². The first-order chi connectivity index (χ1) is 8.02. The molecule has 5 heteroatoms. The highest BCUT2D eigenvalue weighted by Crippen LogP contribution is 2.09. The van der Waals surface area contributed by atoms with Gasteiger partial charge in [0, 0.05) is 0 Å². The van der Waals surface area contributed by atoms with Gasteiger partial charge < -0.3 is 9.47 Å². The monoisotopic (exact) mass is 244 g/mol. The number of carbonyl (C=O) groups excluding carboxylic acids is 3. The Balaban J connectivity index is 4.28. The second kappa shape index (κ2) is 8.73. The first-order valence-electron chi connectivity index (χ1n) is 5.85. The van der Waals surface area contributed by atoms with Gasteiger partial charge in [0.15, 0.2) is 0 Å². The second-order valence-electron chi connectivity index (χ2n) is 3.76. The van der Waals surface area contributed by atoms with Crippen molar-refractivity contribution < 1.29 is 23.9 Å². The number of Topliss-reactive ketones (excluding diaryl/α,β-unsaturated/α-hetero) is 1. The maximum Gasteiger partial charge on any atom is 0.317 e. The number of carbonyl (C=O) groups is 3. The quantitative estimate of drug-likeness (QED) is 0.478. The molecule has 0 aliphatic rings. The molecule has 1 unspecified atom stereocenters. The van der Waals surface area contributed by atoms with Crippen LogP contribution in [0.15, 0.2) is 0 Å². The van der Waals surface area contributed by atoms with Crippen molar-refractivity contribution in [2.75, 3.05) is 13.2 Å². The molecule has 0 N–H and O–H groups in total. The highest BCUT2D eigenvalue weighted by Gasteiger charge is 2.28. The number of esters is 2. The molecule has 0 aromatic rings. The van der Waals surface area contributed by atoms with Gasteiger partial charge in [0.05, 0.1) is 19.6 Å². The third-order valence-electron chi connectivity index (χ3n) is 2.06. The van der Waals surface area contributed by atoms with Crippen molar-refractivity contribution in [3.05, 3.63) is 0 Å². The molecule has 0 saturated carbocycles. The lowest BCUT2D eigenvalue weighted by molar-refractivity contribution is -0.158. The molecule has 0 fully saturated rings. The normalized spacial score (nSPS) is 11.7. The van der Waals surface area contributed by atoms with E-state index in [4.69, 9.17) is 9.47 Å². The van der Waals surface area contributed by atoms with E-state index in [-0.39, 0.29) is 18.8 Å². The summed E-state index contributed by atoms with van der Waals surface area (Å²) in [6.45, 7) is 5.54. The zero-order valence-corrected chi connectivity index (χ0v) is 10.7. The molecule has 0 aromatic heterocycles. The van der Waals surface area contributed by atoms with Crippen LogP contribution in [0.4, 0.5) is 0 Å². The van der Waals surface area contributed by atoms with E-state index in [0.29, 0.717) is 19.4 Å². The molecule has 0 heterocycles. The average molecular weight is 244 g/mol. The van der Waals surface area contributed by atoms with Crippen molar-refractivity contribution in [1.29, 1.82) is 0 Å². The average Bonchev–Trinajstić information content (AvgIpc) is 2.29. The second-order valence-corrected chi connectivity index (χ2v) is 3.76. The zero-order valence-electron chi connectivity index (χ0n) is 10.7. The molecule has 0 aliphatic heterocycles. The highest BCUT2D eigenvalue weighted by molar-refractivity contribution is 6.00. The zero-order chi connectivity index (χ0) is 13.3. The Labute approximate surface area is 101 Å². The Bertz CT molecular complexity index is 272. The third kappa shape index (κ3) is 6.71. The van der Waals surface area contributed by atoms with Crippen molar-refractivity contribution in [3.8, 4) is 0 Å². The van der Waals surface area contributed by atoms with Gasteiger partial charge in [-0.05, 0) is 19.8 Å². The van der Waals surface area contributed by atoms with Gasteiger partial charge in [-0.1, -0.05) is 13.8 Å². The summed E-state index contributed by atoms with van der Waals surface area (Å²) in [5.74, 6) is -2.60. The number of ether oxygens (including phenoxy) is 2. The fourth-order valence-electron chi connectivity index (χ4n) is 1.14. The van der Waals surface area contributed by atoms with Gasteiger partial charge in [-0.15, -0.1) is 0 Å². The van der Waals surface area contributed by atoms with Gasteiger partial charge in [0.1, 0.15) is 11.7 Å². The molecule has 0 rings (SSSR count). The Morgan fingerprint density at radius 1 is 1.00 bits per heavy atom. The van der Waals surface area contributed by atoms with Crippen LogP contribution < -0.4 is 0 Å². The Kier molecular flexibility index (Phi) is 8.01. The molecular weight excluding hydrogens is 224 g/mol. The summed E-state index contributed by atoms with van der Waals surface area (Å²) in [5, 5.41) is 0. The van der Waals surface area contributed by atoms with Gasteiger partial charge in [0.2, 0.25) is 0 Å². The van der Waals surface area contributed by atoms with Crippen LogP contribution in [0.1, 0.15) is 40.0 Å². The van der Waals surface area contributed by atoms with Gasteiger partial charge in [-0.3, -0.25) is 14.4 Å². The molecule has 98 valence electrons. The van der Waals surface area contributed by atoms with Crippen LogP contribution in [0.5, 0.6) is 0 Å². The minimum absolute atomic E-state index is 0.238. The van der Waals surface area contributed by atoms with E-state index < -0.39 is 17.9 Å². The van der Waals surface area contributed by atoms with Gasteiger partial charge in [-0.25, -0.2) is 0 Å². The van der Waals surface area contributed by atoms with E-state index in [9.17, 15) is 14.4 Å². The van der Waals surface area contributed by atoms with Crippen molar-refractivity contribution in [1.82, 2.24) is 0 Å². The van der Waals surface area contributed by atoms with Crippen LogP contribution in [0.2, 0.25) is 0 Å². The molecule has 0 spiro atoms.